The predicted octanol–water partition coefficient (Wildman–Crippen LogP) is 2.62. The van der Waals surface area contributed by atoms with E-state index in [9.17, 15) is 9.90 Å². The third-order valence-corrected chi connectivity index (χ3v) is 4.43. The fourth-order valence-electron chi connectivity index (χ4n) is 1.93. The number of benzene rings is 1. The Morgan fingerprint density at radius 3 is 2.56 bits per heavy atom. The van der Waals surface area contributed by atoms with E-state index in [2.05, 4.69) is 19.2 Å². The number of carbonyl (C=O) groups excluding carboxylic acids is 1. The molecule has 0 spiro atoms. The molecule has 98 valence electrons. The van der Waals surface area contributed by atoms with Crippen molar-refractivity contribution in [2.24, 2.45) is 0 Å². The fourth-order valence-corrected chi connectivity index (χ4v) is 3.17. The number of rotatable bonds is 3. The summed E-state index contributed by atoms with van der Waals surface area (Å²) in [7, 11) is 0. The summed E-state index contributed by atoms with van der Waals surface area (Å²) in [4.78, 5) is 12.0. The molecule has 2 N–H and O–H groups in total. The molecule has 0 radical (unpaired) electrons. The van der Waals surface area contributed by atoms with Crippen LogP contribution in [0, 0.1) is 0 Å². The van der Waals surface area contributed by atoms with Gasteiger partial charge in [0.25, 0.3) is 5.91 Å². The lowest BCUT2D eigenvalue weighted by molar-refractivity contribution is -0.131. The Morgan fingerprint density at radius 2 is 2.06 bits per heavy atom. The van der Waals surface area contributed by atoms with Gasteiger partial charge in [-0.2, -0.15) is 11.8 Å². The van der Waals surface area contributed by atoms with Gasteiger partial charge in [-0.15, -0.1) is 0 Å². The first-order chi connectivity index (χ1) is 8.51. The second-order valence-corrected chi connectivity index (χ2v) is 6.17. The van der Waals surface area contributed by atoms with Crippen LogP contribution < -0.4 is 5.32 Å². The molecule has 1 aliphatic rings. The highest BCUT2D eigenvalue weighted by Crippen LogP contribution is 2.29. The second-order valence-electron chi connectivity index (χ2n) is 5.07. The van der Waals surface area contributed by atoms with Crippen molar-refractivity contribution in [2.75, 3.05) is 16.8 Å². The lowest BCUT2D eigenvalue weighted by Gasteiger charge is -2.20. The monoisotopic (exact) mass is 265 g/mol. The molecular weight excluding hydrogens is 246 g/mol. The maximum Gasteiger partial charge on any atom is 0.257 e. The van der Waals surface area contributed by atoms with Gasteiger partial charge in [-0.05, 0) is 35.8 Å². The van der Waals surface area contributed by atoms with Gasteiger partial charge in [0.2, 0.25) is 0 Å². The smallest absolute Gasteiger partial charge is 0.257 e. The molecule has 0 saturated carbocycles. The van der Waals surface area contributed by atoms with E-state index in [4.69, 9.17) is 0 Å². The first-order valence-electron chi connectivity index (χ1n) is 6.23. The van der Waals surface area contributed by atoms with Crippen molar-refractivity contribution in [3.8, 4) is 0 Å². The van der Waals surface area contributed by atoms with Crippen LogP contribution in [0.15, 0.2) is 24.3 Å². The Hall–Kier alpha value is -1.00. The van der Waals surface area contributed by atoms with Crippen molar-refractivity contribution in [1.82, 2.24) is 0 Å². The van der Waals surface area contributed by atoms with Crippen LogP contribution in [-0.2, 0) is 4.79 Å². The topological polar surface area (TPSA) is 49.3 Å². The summed E-state index contributed by atoms with van der Waals surface area (Å²) in [6.07, 6.45) is 0.535. The third kappa shape index (κ3) is 2.87. The zero-order valence-corrected chi connectivity index (χ0v) is 11.6. The molecule has 1 aromatic carbocycles. The molecule has 1 atom stereocenters. The summed E-state index contributed by atoms with van der Waals surface area (Å²) < 4.78 is 0. The molecule has 1 amide bonds. The number of aliphatic hydroxyl groups is 1. The molecular formula is C14H19NO2S. The van der Waals surface area contributed by atoms with Crippen LogP contribution in [-0.4, -0.2) is 28.1 Å². The fraction of sp³-hybridized carbons (Fsp3) is 0.500. The third-order valence-electron chi connectivity index (χ3n) is 3.26. The summed E-state index contributed by atoms with van der Waals surface area (Å²) >= 11 is 1.62. The molecule has 1 heterocycles. The molecule has 0 bridgehead atoms. The van der Waals surface area contributed by atoms with Crippen molar-refractivity contribution in [2.45, 2.75) is 31.8 Å². The van der Waals surface area contributed by atoms with Gasteiger partial charge in [-0.25, -0.2) is 0 Å². The molecule has 3 nitrogen and oxygen atoms in total. The largest absolute Gasteiger partial charge is 0.379 e. The van der Waals surface area contributed by atoms with Crippen LogP contribution in [0.2, 0.25) is 0 Å². The highest BCUT2D eigenvalue weighted by molar-refractivity contribution is 7.99. The normalized spacial score (nSPS) is 23.3. The van der Waals surface area contributed by atoms with Gasteiger partial charge < -0.3 is 10.4 Å². The van der Waals surface area contributed by atoms with Crippen molar-refractivity contribution in [1.29, 1.82) is 0 Å². The first kappa shape index (κ1) is 13.4. The van der Waals surface area contributed by atoms with Gasteiger partial charge in [0.05, 0.1) is 0 Å². The zero-order valence-electron chi connectivity index (χ0n) is 10.8. The van der Waals surface area contributed by atoms with E-state index < -0.39 is 5.60 Å². The van der Waals surface area contributed by atoms with Crippen LogP contribution in [0.25, 0.3) is 0 Å². The van der Waals surface area contributed by atoms with Gasteiger partial charge in [-0.3, -0.25) is 4.79 Å². The number of nitrogens with one attached hydrogen (secondary N) is 1. The lowest BCUT2D eigenvalue weighted by Crippen LogP contribution is -2.42. The first-order valence-corrected chi connectivity index (χ1v) is 7.38. The summed E-state index contributed by atoms with van der Waals surface area (Å²) in [6.45, 7) is 4.26. The minimum Gasteiger partial charge on any atom is -0.379 e. The van der Waals surface area contributed by atoms with Crippen molar-refractivity contribution < 1.29 is 9.90 Å². The number of hydrogen-bond donors (Lipinski definition) is 2. The Balaban J connectivity index is 2.03. The van der Waals surface area contributed by atoms with Gasteiger partial charge in [-0.1, -0.05) is 26.0 Å². The number of anilines is 1. The molecule has 1 aromatic rings. The quantitative estimate of drug-likeness (QED) is 0.883. The Morgan fingerprint density at radius 1 is 1.39 bits per heavy atom. The standard InChI is InChI=1S/C14H19NO2S/c1-10(2)11-3-5-12(6-4-11)15-13(16)14(17)7-8-18-9-14/h3-6,10,17H,7-9H2,1-2H3,(H,15,16). The molecule has 18 heavy (non-hydrogen) atoms. The molecule has 1 aliphatic heterocycles. The number of thioether (sulfide) groups is 1. The van der Waals surface area contributed by atoms with Crippen molar-refractivity contribution in [3.63, 3.8) is 0 Å². The van der Waals surface area contributed by atoms with E-state index in [1.54, 1.807) is 11.8 Å². The van der Waals surface area contributed by atoms with E-state index >= 15 is 0 Å². The van der Waals surface area contributed by atoms with Gasteiger partial charge in [0.15, 0.2) is 5.60 Å². The highest BCUT2D eigenvalue weighted by Gasteiger charge is 2.39. The van der Waals surface area contributed by atoms with Crippen molar-refractivity contribution >= 4 is 23.4 Å². The number of carbonyl (C=O) groups is 1. The molecule has 0 aromatic heterocycles. The minimum atomic E-state index is -1.19. The van der Waals surface area contributed by atoms with E-state index in [1.807, 2.05) is 24.3 Å². The molecule has 1 saturated heterocycles. The second kappa shape index (κ2) is 5.33. The highest BCUT2D eigenvalue weighted by atomic mass is 32.2. The van der Waals surface area contributed by atoms with Crippen LogP contribution in [0.5, 0.6) is 0 Å². The lowest BCUT2D eigenvalue weighted by atomic mass is 10.0. The van der Waals surface area contributed by atoms with E-state index in [-0.39, 0.29) is 5.91 Å². The van der Waals surface area contributed by atoms with E-state index in [0.717, 1.165) is 11.4 Å². The van der Waals surface area contributed by atoms with Crippen LogP contribution in [0.4, 0.5) is 5.69 Å². The summed E-state index contributed by atoms with van der Waals surface area (Å²) in [5.74, 6) is 1.52. The van der Waals surface area contributed by atoms with Crippen LogP contribution >= 0.6 is 11.8 Å². The maximum atomic E-state index is 12.0. The summed E-state index contributed by atoms with van der Waals surface area (Å²) in [6, 6.07) is 7.79. The number of hydrogen-bond acceptors (Lipinski definition) is 3. The van der Waals surface area contributed by atoms with E-state index in [0.29, 0.717) is 18.1 Å². The van der Waals surface area contributed by atoms with E-state index in [1.165, 1.54) is 5.56 Å². The van der Waals surface area contributed by atoms with Gasteiger partial charge >= 0.3 is 0 Å². The van der Waals surface area contributed by atoms with Gasteiger partial charge in [0, 0.05) is 11.4 Å². The molecule has 1 fully saturated rings. The average molecular weight is 265 g/mol. The molecule has 2 rings (SSSR count). The van der Waals surface area contributed by atoms with Crippen LogP contribution in [0.3, 0.4) is 0 Å². The Labute approximate surface area is 112 Å². The van der Waals surface area contributed by atoms with Crippen molar-refractivity contribution in [3.05, 3.63) is 29.8 Å². The molecule has 0 aliphatic carbocycles. The average Bonchev–Trinajstić information content (AvgIpc) is 2.78. The van der Waals surface area contributed by atoms with Gasteiger partial charge in [0.1, 0.15) is 0 Å². The zero-order chi connectivity index (χ0) is 13.2. The van der Waals surface area contributed by atoms with Crippen LogP contribution in [0.1, 0.15) is 31.7 Å². The number of amides is 1. The predicted molar refractivity (Wildman–Crippen MR) is 76.1 cm³/mol. The Bertz CT molecular complexity index is 422. The maximum absolute atomic E-state index is 12.0. The SMILES string of the molecule is CC(C)c1ccc(NC(=O)C2(O)CCSC2)cc1. The molecule has 1 unspecified atom stereocenters. The minimum absolute atomic E-state index is 0.287. The Kier molecular flexibility index (Phi) is 3.97. The summed E-state index contributed by atoms with van der Waals surface area (Å²) in [5, 5.41) is 12.9. The summed E-state index contributed by atoms with van der Waals surface area (Å²) in [5.41, 5.74) is 0.791. The molecule has 4 heteroatoms.